The summed E-state index contributed by atoms with van der Waals surface area (Å²) in [5.74, 6) is 1.12. The second kappa shape index (κ2) is 7.90. The van der Waals surface area contributed by atoms with Crippen LogP contribution in [-0.2, 0) is 16.5 Å². The van der Waals surface area contributed by atoms with Gasteiger partial charge in [-0.1, -0.05) is 0 Å². The molecule has 0 bridgehead atoms. The maximum absolute atomic E-state index is 11.9. The van der Waals surface area contributed by atoms with Crippen LogP contribution in [0.3, 0.4) is 0 Å². The van der Waals surface area contributed by atoms with E-state index in [0.29, 0.717) is 12.4 Å². The van der Waals surface area contributed by atoms with Gasteiger partial charge in [0, 0.05) is 58.8 Å². The van der Waals surface area contributed by atoms with Crippen LogP contribution in [0.15, 0.2) is 17.2 Å². The van der Waals surface area contributed by atoms with Crippen LogP contribution in [0.25, 0.3) is 0 Å². The van der Waals surface area contributed by atoms with Crippen molar-refractivity contribution in [3.8, 4) is 0 Å². The Morgan fingerprint density at radius 3 is 3.00 bits per heavy atom. The summed E-state index contributed by atoms with van der Waals surface area (Å²) in [7, 11) is 1.72. The summed E-state index contributed by atoms with van der Waals surface area (Å²) in [6.07, 6.45) is 5.69. The first kappa shape index (κ1) is 16.4. The quantitative estimate of drug-likeness (QED) is 0.842. The molecule has 0 radical (unpaired) electrons. The van der Waals surface area contributed by atoms with E-state index in [9.17, 15) is 4.79 Å². The molecule has 23 heavy (non-hydrogen) atoms. The first-order valence-corrected chi connectivity index (χ1v) is 8.39. The molecular weight excluding hydrogens is 296 g/mol. The van der Waals surface area contributed by atoms with Crippen LogP contribution < -0.4 is 10.9 Å². The molecule has 1 aromatic rings. The van der Waals surface area contributed by atoms with Crippen LogP contribution in [0.5, 0.6) is 0 Å². The van der Waals surface area contributed by atoms with Crippen molar-refractivity contribution in [3.05, 3.63) is 22.7 Å². The van der Waals surface area contributed by atoms with E-state index in [1.54, 1.807) is 19.4 Å². The summed E-state index contributed by atoms with van der Waals surface area (Å²) in [6.45, 7) is 6.14. The molecule has 0 saturated carbocycles. The largest absolute Gasteiger partial charge is 0.381 e. The summed E-state index contributed by atoms with van der Waals surface area (Å²) >= 11 is 0. The van der Waals surface area contributed by atoms with Crippen molar-refractivity contribution in [2.24, 2.45) is 13.0 Å². The number of hydrogen-bond acceptors (Lipinski definition) is 6. The van der Waals surface area contributed by atoms with Gasteiger partial charge in [-0.25, -0.2) is 4.98 Å². The molecule has 7 heteroatoms. The van der Waals surface area contributed by atoms with E-state index in [-0.39, 0.29) is 11.7 Å². The van der Waals surface area contributed by atoms with Gasteiger partial charge in [-0.3, -0.25) is 9.69 Å². The van der Waals surface area contributed by atoms with E-state index in [2.05, 4.69) is 15.2 Å². The topological polar surface area (TPSA) is 68.6 Å². The van der Waals surface area contributed by atoms with Gasteiger partial charge in [0.25, 0.3) is 5.56 Å². The van der Waals surface area contributed by atoms with Gasteiger partial charge < -0.3 is 19.4 Å². The molecule has 7 nitrogen and oxygen atoms in total. The van der Waals surface area contributed by atoms with Gasteiger partial charge in [0.15, 0.2) is 5.82 Å². The van der Waals surface area contributed by atoms with Crippen molar-refractivity contribution in [2.75, 3.05) is 51.3 Å². The molecule has 1 aromatic heterocycles. The minimum atomic E-state index is -0.109. The zero-order valence-corrected chi connectivity index (χ0v) is 13.7. The first-order chi connectivity index (χ1) is 11.2. The molecule has 0 spiro atoms. The fourth-order valence-corrected chi connectivity index (χ4v) is 3.19. The molecule has 3 heterocycles. The van der Waals surface area contributed by atoms with Crippen molar-refractivity contribution >= 4 is 5.82 Å². The number of morpholine rings is 1. The third-order valence-corrected chi connectivity index (χ3v) is 4.59. The molecule has 0 amide bonds. The minimum absolute atomic E-state index is 0.0929. The van der Waals surface area contributed by atoms with Crippen molar-refractivity contribution in [1.82, 2.24) is 14.5 Å². The molecule has 0 aliphatic carbocycles. The standard InChI is InChI=1S/C16H26N4O3/c1-19-5-4-17-15(16(19)21)18-10-14-12-20(6-9-23-14)11-13-2-7-22-8-3-13/h4-5,13-14H,2-3,6-12H2,1H3,(H,17,18)/t14-/m0/s1. The zero-order valence-electron chi connectivity index (χ0n) is 13.7. The summed E-state index contributed by atoms with van der Waals surface area (Å²) in [6, 6.07) is 0. The van der Waals surface area contributed by atoms with Gasteiger partial charge in [0.2, 0.25) is 0 Å². The predicted octanol–water partition coefficient (Wildman–Crippen LogP) is 0.320. The maximum Gasteiger partial charge on any atom is 0.293 e. The van der Waals surface area contributed by atoms with E-state index < -0.39 is 0 Å². The van der Waals surface area contributed by atoms with Crippen molar-refractivity contribution in [1.29, 1.82) is 0 Å². The number of rotatable bonds is 5. The number of aryl methyl sites for hydroxylation is 1. The smallest absolute Gasteiger partial charge is 0.293 e. The number of anilines is 1. The molecule has 2 fully saturated rings. The number of ether oxygens (including phenoxy) is 2. The van der Waals surface area contributed by atoms with E-state index in [1.165, 1.54) is 4.57 Å². The molecule has 2 saturated heterocycles. The van der Waals surface area contributed by atoms with E-state index >= 15 is 0 Å². The molecule has 1 atom stereocenters. The van der Waals surface area contributed by atoms with Gasteiger partial charge in [-0.2, -0.15) is 0 Å². The van der Waals surface area contributed by atoms with Gasteiger partial charge in [0.1, 0.15) is 0 Å². The summed E-state index contributed by atoms with van der Waals surface area (Å²) in [4.78, 5) is 18.5. The lowest BCUT2D eigenvalue weighted by molar-refractivity contribution is -0.0333. The van der Waals surface area contributed by atoms with Crippen LogP contribution in [0.1, 0.15) is 12.8 Å². The normalized spacial score (nSPS) is 23.8. The number of aromatic nitrogens is 2. The molecular formula is C16H26N4O3. The second-order valence-corrected chi connectivity index (χ2v) is 6.38. The maximum atomic E-state index is 11.9. The minimum Gasteiger partial charge on any atom is -0.381 e. The fraction of sp³-hybridized carbons (Fsp3) is 0.750. The molecule has 2 aliphatic rings. The molecule has 2 aliphatic heterocycles. The highest BCUT2D eigenvalue weighted by Crippen LogP contribution is 2.17. The van der Waals surface area contributed by atoms with Crippen LogP contribution in [0, 0.1) is 5.92 Å². The lowest BCUT2D eigenvalue weighted by Crippen LogP contribution is -2.47. The van der Waals surface area contributed by atoms with Crippen molar-refractivity contribution in [2.45, 2.75) is 18.9 Å². The third kappa shape index (κ3) is 4.53. The Hall–Kier alpha value is -1.44. The molecule has 1 N–H and O–H groups in total. The summed E-state index contributed by atoms with van der Waals surface area (Å²) in [5.41, 5.74) is -0.109. The molecule has 128 valence electrons. The number of hydrogen-bond donors (Lipinski definition) is 1. The van der Waals surface area contributed by atoms with Gasteiger partial charge in [-0.05, 0) is 18.8 Å². The highest BCUT2D eigenvalue weighted by molar-refractivity contribution is 5.30. The molecule has 3 rings (SSSR count). The molecule has 0 aromatic carbocycles. The van der Waals surface area contributed by atoms with Crippen LogP contribution in [0.4, 0.5) is 5.82 Å². The Morgan fingerprint density at radius 1 is 1.35 bits per heavy atom. The molecule has 0 unspecified atom stereocenters. The van der Waals surface area contributed by atoms with Crippen LogP contribution in [0.2, 0.25) is 0 Å². The Labute approximate surface area is 136 Å². The Balaban J connectivity index is 1.48. The Kier molecular flexibility index (Phi) is 5.64. The average Bonchev–Trinajstić information content (AvgIpc) is 2.57. The summed E-state index contributed by atoms with van der Waals surface area (Å²) in [5, 5.41) is 3.13. The number of nitrogens with zero attached hydrogens (tertiary/aromatic N) is 3. The average molecular weight is 322 g/mol. The van der Waals surface area contributed by atoms with Crippen LogP contribution in [-0.4, -0.2) is 66.6 Å². The Bertz CT molecular complexity index is 557. The van der Waals surface area contributed by atoms with Crippen LogP contribution >= 0.6 is 0 Å². The van der Waals surface area contributed by atoms with E-state index in [1.807, 2.05) is 0 Å². The first-order valence-electron chi connectivity index (χ1n) is 8.39. The third-order valence-electron chi connectivity index (χ3n) is 4.59. The monoisotopic (exact) mass is 322 g/mol. The van der Waals surface area contributed by atoms with Crippen molar-refractivity contribution in [3.63, 3.8) is 0 Å². The van der Waals surface area contributed by atoms with E-state index in [0.717, 1.165) is 58.2 Å². The zero-order chi connectivity index (χ0) is 16.1. The lowest BCUT2D eigenvalue weighted by atomic mass is 9.99. The van der Waals surface area contributed by atoms with E-state index in [4.69, 9.17) is 9.47 Å². The van der Waals surface area contributed by atoms with Crippen molar-refractivity contribution < 1.29 is 9.47 Å². The van der Waals surface area contributed by atoms with Gasteiger partial charge in [0.05, 0.1) is 12.7 Å². The summed E-state index contributed by atoms with van der Waals surface area (Å²) < 4.78 is 12.8. The highest BCUT2D eigenvalue weighted by Gasteiger charge is 2.24. The second-order valence-electron chi connectivity index (χ2n) is 6.38. The lowest BCUT2D eigenvalue weighted by Gasteiger charge is -2.36. The predicted molar refractivity (Wildman–Crippen MR) is 87.7 cm³/mol. The highest BCUT2D eigenvalue weighted by atomic mass is 16.5. The number of nitrogens with one attached hydrogen (secondary N) is 1. The van der Waals surface area contributed by atoms with Gasteiger partial charge in [-0.15, -0.1) is 0 Å². The fourth-order valence-electron chi connectivity index (χ4n) is 3.19. The Morgan fingerprint density at radius 2 is 2.17 bits per heavy atom. The van der Waals surface area contributed by atoms with Gasteiger partial charge >= 0.3 is 0 Å². The SMILES string of the molecule is Cn1ccnc(NC[C@H]2CN(CC3CCOCC3)CCO2)c1=O.